The minimum absolute atomic E-state index is 0.451. The van der Waals surface area contributed by atoms with E-state index in [1.54, 1.807) is 0 Å². The number of rotatable bonds is 8. The van der Waals surface area contributed by atoms with Crippen LogP contribution in [0.15, 0.2) is 18.2 Å². The third kappa shape index (κ3) is 5.98. The normalized spacial score (nSPS) is 11.0. The number of hydrogen-bond acceptors (Lipinski definition) is 2. The standard InChI is InChI=1S/C18H27ClN2/c1-14(2)7-9-21(10-8-15(3)4)18-6-5-16(12-19)11-17(18)13-20/h5-6,11,14-15H,7-10,12H2,1-4H3. The molecule has 0 aliphatic heterocycles. The molecule has 0 unspecified atom stereocenters. The van der Waals surface area contributed by atoms with Gasteiger partial charge in [-0.1, -0.05) is 33.8 Å². The average Bonchev–Trinajstić information content (AvgIpc) is 2.46. The monoisotopic (exact) mass is 306 g/mol. The number of nitriles is 1. The van der Waals surface area contributed by atoms with Gasteiger partial charge >= 0.3 is 0 Å². The van der Waals surface area contributed by atoms with Crippen LogP contribution in [0.25, 0.3) is 0 Å². The molecule has 2 nitrogen and oxygen atoms in total. The van der Waals surface area contributed by atoms with E-state index in [0.717, 1.165) is 42.7 Å². The zero-order chi connectivity index (χ0) is 15.8. The van der Waals surface area contributed by atoms with Gasteiger partial charge in [-0.05, 0) is 42.4 Å². The van der Waals surface area contributed by atoms with Gasteiger partial charge in [0.1, 0.15) is 6.07 Å². The van der Waals surface area contributed by atoms with Gasteiger partial charge < -0.3 is 4.90 Å². The van der Waals surface area contributed by atoms with Gasteiger partial charge in [0.2, 0.25) is 0 Å². The van der Waals surface area contributed by atoms with Crippen molar-refractivity contribution in [2.75, 3.05) is 18.0 Å². The van der Waals surface area contributed by atoms with Gasteiger partial charge in [-0.25, -0.2) is 0 Å². The fourth-order valence-corrected chi connectivity index (χ4v) is 2.38. The molecule has 1 aromatic rings. The molecular formula is C18H27ClN2. The number of alkyl halides is 1. The molecular weight excluding hydrogens is 280 g/mol. The number of benzene rings is 1. The highest BCUT2D eigenvalue weighted by Gasteiger charge is 2.13. The Morgan fingerprint density at radius 1 is 1.10 bits per heavy atom. The fourth-order valence-electron chi connectivity index (χ4n) is 2.21. The third-order valence-electron chi connectivity index (χ3n) is 3.63. The van der Waals surface area contributed by atoms with E-state index in [4.69, 9.17) is 11.6 Å². The summed E-state index contributed by atoms with van der Waals surface area (Å²) in [5.74, 6) is 1.78. The van der Waals surface area contributed by atoms with Crippen LogP contribution in [0.3, 0.4) is 0 Å². The molecule has 3 heteroatoms. The van der Waals surface area contributed by atoms with Crippen molar-refractivity contribution in [1.29, 1.82) is 5.26 Å². The Hall–Kier alpha value is -1.20. The van der Waals surface area contributed by atoms with Gasteiger partial charge in [0, 0.05) is 19.0 Å². The molecule has 0 saturated heterocycles. The molecule has 0 N–H and O–H groups in total. The molecule has 0 aromatic heterocycles. The third-order valence-corrected chi connectivity index (χ3v) is 3.94. The van der Waals surface area contributed by atoms with Crippen molar-refractivity contribution in [3.8, 4) is 6.07 Å². The maximum absolute atomic E-state index is 9.42. The summed E-state index contributed by atoms with van der Waals surface area (Å²) in [6, 6.07) is 8.32. The fraction of sp³-hybridized carbons (Fsp3) is 0.611. The topological polar surface area (TPSA) is 27.0 Å². The lowest BCUT2D eigenvalue weighted by atomic mass is 10.1. The Morgan fingerprint density at radius 2 is 1.67 bits per heavy atom. The van der Waals surface area contributed by atoms with Crippen LogP contribution in [-0.2, 0) is 5.88 Å². The van der Waals surface area contributed by atoms with Crippen LogP contribution in [0.2, 0.25) is 0 Å². The van der Waals surface area contributed by atoms with E-state index < -0.39 is 0 Å². The van der Waals surface area contributed by atoms with Gasteiger partial charge in [-0.2, -0.15) is 5.26 Å². The summed E-state index contributed by atoms with van der Waals surface area (Å²) in [5.41, 5.74) is 2.79. The molecule has 0 bridgehead atoms. The Balaban J connectivity index is 2.97. The number of nitrogens with zero attached hydrogens (tertiary/aromatic N) is 2. The molecule has 0 radical (unpaired) electrons. The van der Waals surface area contributed by atoms with E-state index in [2.05, 4.69) is 44.7 Å². The van der Waals surface area contributed by atoms with Crippen molar-refractivity contribution < 1.29 is 0 Å². The summed E-state index contributed by atoms with van der Waals surface area (Å²) in [6.45, 7) is 11.0. The summed E-state index contributed by atoms with van der Waals surface area (Å²) in [4.78, 5) is 2.36. The number of anilines is 1. The molecule has 0 heterocycles. The van der Waals surface area contributed by atoms with E-state index in [1.807, 2.05) is 12.1 Å². The Morgan fingerprint density at radius 3 is 2.10 bits per heavy atom. The van der Waals surface area contributed by atoms with E-state index in [9.17, 15) is 5.26 Å². The molecule has 0 atom stereocenters. The molecule has 0 aliphatic carbocycles. The van der Waals surface area contributed by atoms with Gasteiger partial charge in [0.05, 0.1) is 11.3 Å². The first-order valence-corrected chi connectivity index (χ1v) is 8.35. The predicted molar refractivity (Wildman–Crippen MR) is 91.8 cm³/mol. The smallest absolute Gasteiger partial charge is 0.101 e. The molecule has 21 heavy (non-hydrogen) atoms. The maximum Gasteiger partial charge on any atom is 0.101 e. The first-order chi connectivity index (χ1) is 9.97. The van der Waals surface area contributed by atoms with Crippen LogP contribution in [0.1, 0.15) is 51.7 Å². The summed E-state index contributed by atoms with van der Waals surface area (Å²) < 4.78 is 0. The summed E-state index contributed by atoms with van der Waals surface area (Å²) >= 11 is 5.87. The summed E-state index contributed by atoms with van der Waals surface area (Å²) in [7, 11) is 0. The van der Waals surface area contributed by atoms with Crippen molar-refractivity contribution in [2.24, 2.45) is 11.8 Å². The molecule has 1 aromatic carbocycles. The molecule has 0 fully saturated rings. The molecule has 0 spiro atoms. The lowest BCUT2D eigenvalue weighted by Gasteiger charge is -2.27. The van der Waals surface area contributed by atoms with Crippen LogP contribution in [-0.4, -0.2) is 13.1 Å². The molecule has 116 valence electrons. The summed E-state index contributed by atoms with van der Waals surface area (Å²) in [5, 5.41) is 9.42. The maximum atomic E-state index is 9.42. The second-order valence-corrected chi connectivity index (χ2v) is 6.72. The van der Waals surface area contributed by atoms with Crippen molar-refractivity contribution in [1.82, 2.24) is 0 Å². The van der Waals surface area contributed by atoms with E-state index >= 15 is 0 Å². The number of hydrogen-bond donors (Lipinski definition) is 0. The lowest BCUT2D eigenvalue weighted by Crippen LogP contribution is -2.28. The average molecular weight is 307 g/mol. The van der Waals surface area contributed by atoms with Gasteiger partial charge in [-0.15, -0.1) is 11.6 Å². The quantitative estimate of drug-likeness (QED) is 0.617. The zero-order valence-electron chi connectivity index (χ0n) is 13.7. The van der Waals surface area contributed by atoms with Gasteiger partial charge in [0.15, 0.2) is 0 Å². The van der Waals surface area contributed by atoms with Crippen molar-refractivity contribution >= 4 is 17.3 Å². The predicted octanol–water partition coefficient (Wildman–Crippen LogP) is 5.20. The van der Waals surface area contributed by atoms with Crippen molar-refractivity contribution in [3.05, 3.63) is 29.3 Å². The lowest BCUT2D eigenvalue weighted by molar-refractivity contribution is 0.535. The Bertz CT molecular complexity index is 463. The van der Waals surface area contributed by atoms with E-state index in [-0.39, 0.29) is 0 Å². The van der Waals surface area contributed by atoms with Crippen LogP contribution >= 0.6 is 11.6 Å². The second kappa shape index (κ2) is 8.95. The highest BCUT2D eigenvalue weighted by molar-refractivity contribution is 6.17. The van der Waals surface area contributed by atoms with Gasteiger partial charge in [0.25, 0.3) is 0 Å². The SMILES string of the molecule is CC(C)CCN(CCC(C)C)c1ccc(CCl)cc1C#N. The molecule has 0 amide bonds. The van der Waals surface area contributed by atoms with E-state index in [1.165, 1.54) is 0 Å². The Kier molecular flexibility index (Phi) is 7.61. The van der Waals surface area contributed by atoms with Crippen LogP contribution in [0.4, 0.5) is 5.69 Å². The van der Waals surface area contributed by atoms with Crippen LogP contribution in [0, 0.1) is 23.2 Å². The van der Waals surface area contributed by atoms with Gasteiger partial charge in [-0.3, -0.25) is 0 Å². The van der Waals surface area contributed by atoms with Crippen LogP contribution < -0.4 is 4.90 Å². The highest BCUT2D eigenvalue weighted by Crippen LogP contribution is 2.24. The minimum Gasteiger partial charge on any atom is -0.370 e. The molecule has 0 saturated carbocycles. The molecule has 1 rings (SSSR count). The number of halogens is 1. The summed E-state index contributed by atoms with van der Waals surface area (Å²) in [6.07, 6.45) is 2.28. The van der Waals surface area contributed by atoms with Crippen LogP contribution in [0.5, 0.6) is 0 Å². The minimum atomic E-state index is 0.451. The zero-order valence-corrected chi connectivity index (χ0v) is 14.5. The first kappa shape index (κ1) is 17.9. The van der Waals surface area contributed by atoms with Crippen molar-refractivity contribution in [3.63, 3.8) is 0 Å². The highest BCUT2D eigenvalue weighted by atomic mass is 35.5. The second-order valence-electron chi connectivity index (χ2n) is 6.45. The first-order valence-electron chi connectivity index (χ1n) is 7.81. The molecule has 0 aliphatic rings. The van der Waals surface area contributed by atoms with Crippen molar-refractivity contribution in [2.45, 2.75) is 46.4 Å². The Labute approximate surface area is 134 Å². The van der Waals surface area contributed by atoms with E-state index in [0.29, 0.717) is 17.7 Å². The largest absolute Gasteiger partial charge is 0.370 e.